The number of carbonyl (C=O) groups excluding carboxylic acids is 1. The van der Waals surface area contributed by atoms with E-state index in [1.165, 1.54) is 4.88 Å². The number of thiophene rings is 1. The molecule has 1 amide bonds. The van der Waals surface area contributed by atoms with Crippen LogP contribution in [0.5, 0.6) is 0 Å². The molecule has 3 nitrogen and oxygen atoms in total. The standard InChI is InChI=1S/C13H21NO2S/c1-13(2,16)10-14(3)12(15)8-4-6-11-7-5-9-17-11/h5,7,9,16H,4,6,8,10H2,1-3H3. The van der Waals surface area contributed by atoms with Crippen LogP contribution in [-0.4, -0.2) is 35.1 Å². The fourth-order valence-electron chi connectivity index (χ4n) is 1.73. The van der Waals surface area contributed by atoms with Gasteiger partial charge >= 0.3 is 0 Å². The molecule has 0 aliphatic heterocycles. The molecule has 0 aliphatic carbocycles. The van der Waals surface area contributed by atoms with E-state index in [1.54, 1.807) is 37.1 Å². The number of hydrogen-bond donors (Lipinski definition) is 1. The van der Waals surface area contributed by atoms with Crippen molar-refractivity contribution in [2.45, 2.75) is 38.7 Å². The van der Waals surface area contributed by atoms with Gasteiger partial charge in [0.2, 0.25) is 5.91 Å². The molecule has 0 spiro atoms. The van der Waals surface area contributed by atoms with Crippen LogP contribution in [-0.2, 0) is 11.2 Å². The topological polar surface area (TPSA) is 40.5 Å². The predicted octanol–water partition coefficient (Wildman–Crippen LogP) is 2.30. The SMILES string of the molecule is CN(CC(C)(C)O)C(=O)CCCc1cccs1. The van der Waals surface area contributed by atoms with Gasteiger partial charge in [0.1, 0.15) is 0 Å². The van der Waals surface area contributed by atoms with Crippen LogP contribution in [0, 0.1) is 0 Å². The summed E-state index contributed by atoms with van der Waals surface area (Å²) in [7, 11) is 1.74. The molecule has 0 aromatic carbocycles. The number of nitrogens with zero attached hydrogens (tertiary/aromatic N) is 1. The molecule has 0 aliphatic rings. The highest BCUT2D eigenvalue weighted by molar-refractivity contribution is 7.09. The Morgan fingerprint density at radius 3 is 2.76 bits per heavy atom. The minimum atomic E-state index is -0.821. The lowest BCUT2D eigenvalue weighted by atomic mass is 10.1. The van der Waals surface area contributed by atoms with Crippen molar-refractivity contribution in [2.75, 3.05) is 13.6 Å². The first-order valence-corrected chi connectivity index (χ1v) is 6.75. The average molecular weight is 255 g/mol. The zero-order valence-corrected chi connectivity index (χ0v) is 11.6. The highest BCUT2D eigenvalue weighted by atomic mass is 32.1. The van der Waals surface area contributed by atoms with Crippen LogP contribution in [0.25, 0.3) is 0 Å². The fourth-order valence-corrected chi connectivity index (χ4v) is 2.48. The Bertz CT molecular complexity index is 341. The Morgan fingerprint density at radius 1 is 1.53 bits per heavy atom. The zero-order chi connectivity index (χ0) is 12.9. The molecule has 1 aromatic heterocycles. The van der Waals surface area contributed by atoms with Gasteiger partial charge in [-0.25, -0.2) is 0 Å². The summed E-state index contributed by atoms with van der Waals surface area (Å²) >= 11 is 1.73. The monoisotopic (exact) mass is 255 g/mol. The van der Waals surface area contributed by atoms with Crippen LogP contribution in [0.2, 0.25) is 0 Å². The van der Waals surface area contributed by atoms with E-state index in [9.17, 15) is 9.90 Å². The number of carbonyl (C=O) groups is 1. The molecule has 0 bridgehead atoms. The number of amides is 1. The van der Waals surface area contributed by atoms with Crippen molar-refractivity contribution in [3.8, 4) is 0 Å². The van der Waals surface area contributed by atoms with E-state index < -0.39 is 5.60 Å². The Morgan fingerprint density at radius 2 is 2.24 bits per heavy atom. The van der Waals surface area contributed by atoms with Crippen LogP contribution >= 0.6 is 11.3 Å². The average Bonchev–Trinajstić information content (AvgIpc) is 2.67. The van der Waals surface area contributed by atoms with Gasteiger partial charge in [0.15, 0.2) is 0 Å². The number of likely N-dealkylation sites (N-methyl/N-ethyl adjacent to an activating group) is 1. The second-order valence-corrected chi connectivity index (χ2v) is 6.03. The minimum Gasteiger partial charge on any atom is -0.389 e. The normalized spacial score (nSPS) is 11.5. The minimum absolute atomic E-state index is 0.101. The van der Waals surface area contributed by atoms with E-state index in [4.69, 9.17) is 0 Å². The van der Waals surface area contributed by atoms with Crippen LogP contribution in [0.1, 0.15) is 31.6 Å². The molecule has 17 heavy (non-hydrogen) atoms. The summed E-state index contributed by atoms with van der Waals surface area (Å²) in [5.74, 6) is 0.101. The third kappa shape index (κ3) is 5.84. The van der Waals surface area contributed by atoms with E-state index in [1.807, 2.05) is 6.07 Å². The first kappa shape index (κ1) is 14.2. The lowest BCUT2D eigenvalue weighted by Crippen LogP contribution is -2.39. The Hall–Kier alpha value is -0.870. The largest absolute Gasteiger partial charge is 0.389 e. The molecular formula is C13H21NO2S. The van der Waals surface area contributed by atoms with E-state index in [0.717, 1.165) is 12.8 Å². The molecule has 0 unspecified atom stereocenters. The second kappa shape index (κ2) is 6.17. The molecule has 4 heteroatoms. The molecule has 1 aromatic rings. The molecule has 1 heterocycles. The van der Waals surface area contributed by atoms with E-state index >= 15 is 0 Å². The van der Waals surface area contributed by atoms with E-state index in [0.29, 0.717) is 13.0 Å². The van der Waals surface area contributed by atoms with Gasteiger partial charge in [0.25, 0.3) is 0 Å². The van der Waals surface area contributed by atoms with E-state index in [2.05, 4.69) is 11.4 Å². The highest BCUT2D eigenvalue weighted by Crippen LogP contribution is 2.13. The van der Waals surface area contributed by atoms with Gasteiger partial charge in [0, 0.05) is 24.9 Å². The zero-order valence-electron chi connectivity index (χ0n) is 10.8. The third-order valence-corrected chi connectivity index (χ3v) is 3.38. The smallest absolute Gasteiger partial charge is 0.222 e. The van der Waals surface area contributed by atoms with Crippen LogP contribution in [0.4, 0.5) is 0 Å². The number of aryl methyl sites for hydroxylation is 1. The maximum atomic E-state index is 11.8. The van der Waals surface area contributed by atoms with Crippen molar-refractivity contribution in [1.29, 1.82) is 0 Å². The van der Waals surface area contributed by atoms with Gasteiger partial charge in [-0.15, -0.1) is 11.3 Å². The molecule has 0 saturated heterocycles. The molecule has 0 radical (unpaired) electrons. The Labute approximate surface area is 107 Å². The Balaban J connectivity index is 2.25. The third-order valence-electron chi connectivity index (χ3n) is 2.44. The van der Waals surface area contributed by atoms with Crippen LogP contribution in [0.3, 0.4) is 0 Å². The van der Waals surface area contributed by atoms with Gasteiger partial charge in [-0.3, -0.25) is 4.79 Å². The van der Waals surface area contributed by atoms with Gasteiger partial charge in [-0.2, -0.15) is 0 Å². The summed E-state index contributed by atoms with van der Waals surface area (Å²) in [5.41, 5.74) is -0.821. The van der Waals surface area contributed by atoms with Gasteiger partial charge in [-0.05, 0) is 38.1 Å². The maximum Gasteiger partial charge on any atom is 0.222 e. The number of hydrogen-bond acceptors (Lipinski definition) is 3. The van der Waals surface area contributed by atoms with Crippen molar-refractivity contribution in [2.24, 2.45) is 0 Å². The van der Waals surface area contributed by atoms with Gasteiger partial charge < -0.3 is 10.0 Å². The lowest BCUT2D eigenvalue weighted by Gasteiger charge is -2.25. The molecule has 0 saturated carbocycles. The van der Waals surface area contributed by atoms with Crippen LogP contribution in [0.15, 0.2) is 17.5 Å². The number of rotatable bonds is 6. The van der Waals surface area contributed by atoms with Gasteiger partial charge in [0.05, 0.1) is 5.60 Å². The van der Waals surface area contributed by atoms with Crippen molar-refractivity contribution in [3.63, 3.8) is 0 Å². The van der Waals surface area contributed by atoms with Crippen molar-refractivity contribution >= 4 is 17.2 Å². The summed E-state index contributed by atoms with van der Waals surface area (Å²) in [5, 5.41) is 11.7. The molecular weight excluding hydrogens is 234 g/mol. The first-order valence-electron chi connectivity index (χ1n) is 5.87. The lowest BCUT2D eigenvalue weighted by molar-refractivity contribution is -0.132. The summed E-state index contributed by atoms with van der Waals surface area (Å²) in [4.78, 5) is 14.7. The van der Waals surface area contributed by atoms with Crippen LogP contribution < -0.4 is 0 Å². The number of aliphatic hydroxyl groups is 1. The predicted molar refractivity (Wildman–Crippen MR) is 71.2 cm³/mol. The molecule has 0 atom stereocenters. The summed E-state index contributed by atoms with van der Waals surface area (Å²) < 4.78 is 0. The van der Waals surface area contributed by atoms with E-state index in [-0.39, 0.29) is 5.91 Å². The summed E-state index contributed by atoms with van der Waals surface area (Å²) in [6, 6.07) is 4.12. The maximum absolute atomic E-state index is 11.8. The molecule has 0 fully saturated rings. The first-order chi connectivity index (χ1) is 7.88. The highest BCUT2D eigenvalue weighted by Gasteiger charge is 2.18. The Kier molecular flexibility index (Phi) is 5.15. The van der Waals surface area contributed by atoms with Crippen molar-refractivity contribution in [1.82, 2.24) is 4.90 Å². The molecule has 1 N–H and O–H groups in total. The van der Waals surface area contributed by atoms with Crippen molar-refractivity contribution in [3.05, 3.63) is 22.4 Å². The molecule has 1 rings (SSSR count). The molecule has 96 valence electrons. The fraction of sp³-hybridized carbons (Fsp3) is 0.615. The summed E-state index contributed by atoms with van der Waals surface area (Å²) in [6.45, 7) is 3.80. The van der Waals surface area contributed by atoms with Gasteiger partial charge in [-0.1, -0.05) is 6.07 Å². The van der Waals surface area contributed by atoms with Crippen molar-refractivity contribution < 1.29 is 9.90 Å². The quantitative estimate of drug-likeness (QED) is 0.847. The summed E-state index contributed by atoms with van der Waals surface area (Å²) in [6.07, 6.45) is 2.37. The second-order valence-electron chi connectivity index (χ2n) is 5.00.